The molecule has 31 heavy (non-hydrogen) atoms. The van der Waals surface area contributed by atoms with Crippen LogP contribution in [0, 0.1) is 17.2 Å². The van der Waals surface area contributed by atoms with E-state index < -0.39 is 0 Å². The van der Waals surface area contributed by atoms with Gasteiger partial charge in [0.2, 0.25) is 5.91 Å². The van der Waals surface area contributed by atoms with E-state index >= 15 is 0 Å². The molecule has 0 atom stereocenters. The van der Waals surface area contributed by atoms with Crippen molar-refractivity contribution in [1.82, 2.24) is 9.80 Å². The number of carbonyl (C=O) groups is 2. The third kappa shape index (κ3) is 5.83. The van der Waals surface area contributed by atoms with Gasteiger partial charge in [-0.25, -0.2) is 0 Å². The molecular weight excluding hydrogens is 392 g/mol. The van der Waals surface area contributed by atoms with Crippen LogP contribution in [0.25, 0.3) is 0 Å². The average molecular weight is 418 g/mol. The van der Waals surface area contributed by atoms with Crippen LogP contribution < -0.4 is 10.1 Å². The fraction of sp³-hybridized carbons (Fsp3) is 0.375. The zero-order valence-electron chi connectivity index (χ0n) is 17.4. The summed E-state index contributed by atoms with van der Waals surface area (Å²) in [7, 11) is 0. The van der Waals surface area contributed by atoms with Gasteiger partial charge in [0.25, 0.3) is 5.91 Å². The lowest BCUT2D eigenvalue weighted by molar-refractivity contribution is -0.135. The third-order valence-corrected chi connectivity index (χ3v) is 5.63. The Balaban J connectivity index is 1.21. The molecule has 0 bridgehead atoms. The number of benzene rings is 2. The molecule has 1 aliphatic heterocycles. The SMILES string of the molecule is N#Cc1ccc(CN2CCN(C(=O)COc3cccc(NC(=O)C4CC4)c3)CC2)cc1. The first-order valence-electron chi connectivity index (χ1n) is 10.6. The molecule has 2 amide bonds. The Labute approximate surface area is 182 Å². The zero-order chi connectivity index (χ0) is 21.6. The van der Waals surface area contributed by atoms with Crippen molar-refractivity contribution < 1.29 is 14.3 Å². The van der Waals surface area contributed by atoms with Crippen LogP contribution in [0.3, 0.4) is 0 Å². The molecule has 0 spiro atoms. The first-order valence-corrected chi connectivity index (χ1v) is 10.6. The Morgan fingerprint density at radius 2 is 1.81 bits per heavy atom. The molecule has 1 saturated heterocycles. The second kappa shape index (κ2) is 9.63. The molecule has 7 heteroatoms. The molecule has 2 fully saturated rings. The maximum absolute atomic E-state index is 12.5. The molecule has 0 unspecified atom stereocenters. The minimum absolute atomic E-state index is 0.0182. The fourth-order valence-corrected chi connectivity index (χ4v) is 3.59. The predicted octanol–water partition coefficient (Wildman–Crippen LogP) is 2.63. The van der Waals surface area contributed by atoms with Gasteiger partial charge in [0.05, 0.1) is 11.6 Å². The summed E-state index contributed by atoms with van der Waals surface area (Å²) in [5, 5.41) is 11.8. The van der Waals surface area contributed by atoms with E-state index in [4.69, 9.17) is 10.00 Å². The second-order valence-electron chi connectivity index (χ2n) is 8.05. The first kappa shape index (κ1) is 20.9. The van der Waals surface area contributed by atoms with Gasteiger partial charge in [0, 0.05) is 50.4 Å². The third-order valence-electron chi connectivity index (χ3n) is 5.63. The van der Waals surface area contributed by atoms with E-state index in [1.54, 1.807) is 12.1 Å². The maximum Gasteiger partial charge on any atom is 0.260 e. The zero-order valence-corrected chi connectivity index (χ0v) is 17.4. The number of anilines is 1. The molecule has 1 saturated carbocycles. The number of rotatable bonds is 7. The van der Waals surface area contributed by atoms with Gasteiger partial charge in [0.15, 0.2) is 6.61 Å². The lowest BCUT2D eigenvalue weighted by atomic mass is 10.1. The summed E-state index contributed by atoms with van der Waals surface area (Å²) in [6, 6.07) is 16.9. The van der Waals surface area contributed by atoms with E-state index in [0.29, 0.717) is 30.1 Å². The fourth-order valence-electron chi connectivity index (χ4n) is 3.59. The molecule has 2 aromatic rings. The molecule has 2 aromatic carbocycles. The highest BCUT2D eigenvalue weighted by molar-refractivity contribution is 5.94. The standard InChI is InChI=1S/C24H26N4O3/c25-15-18-4-6-19(7-5-18)16-27-10-12-28(13-11-27)23(29)17-31-22-3-1-2-21(14-22)26-24(30)20-8-9-20/h1-7,14,20H,8-13,16-17H2,(H,26,30). The highest BCUT2D eigenvalue weighted by Gasteiger charge is 2.29. The maximum atomic E-state index is 12.5. The highest BCUT2D eigenvalue weighted by atomic mass is 16.5. The minimum Gasteiger partial charge on any atom is -0.484 e. The molecule has 160 valence electrons. The van der Waals surface area contributed by atoms with Crippen LogP contribution in [0.4, 0.5) is 5.69 Å². The Bertz CT molecular complexity index is 971. The molecule has 0 radical (unpaired) electrons. The van der Waals surface area contributed by atoms with Crippen LogP contribution >= 0.6 is 0 Å². The van der Waals surface area contributed by atoms with Crippen molar-refractivity contribution >= 4 is 17.5 Å². The van der Waals surface area contributed by atoms with E-state index in [1.807, 2.05) is 41.3 Å². The largest absolute Gasteiger partial charge is 0.484 e. The lowest BCUT2D eigenvalue weighted by Gasteiger charge is -2.34. The van der Waals surface area contributed by atoms with E-state index in [2.05, 4.69) is 16.3 Å². The van der Waals surface area contributed by atoms with Crippen LogP contribution in [-0.4, -0.2) is 54.4 Å². The number of nitrogens with one attached hydrogen (secondary N) is 1. The summed E-state index contributed by atoms with van der Waals surface area (Å²) in [4.78, 5) is 28.6. The highest BCUT2D eigenvalue weighted by Crippen LogP contribution is 2.30. The van der Waals surface area contributed by atoms with Crippen molar-refractivity contribution in [3.63, 3.8) is 0 Å². The van der Waals surface area contributed by atoms with Gasteiger partial charge >= 0.3 is 0 Å². The monoisotopic (exact) mass is 418 g/mol. The van der Waals surface area contributed by atoms with Crippen molar-refractivity contribution in [2.45, 2.75) is 19.4 Å². The minimum atomic E-state index is -0.0366. The van der Waals surface area contributed by atoms with E-state index in [9.17, 15) is 9.59 Å². The smallest absolute Gasteiger partial charge is 0.260 e. The summed E-state index contributed by atoms with van der Waals surface area (Å²) in [6.45, 7) is 3.72. The number of nitrogens with zero attached hydrogens (tertiary/aromatic N) is 3. The van der Waals surface area contributed by atoms with Crippen molar-refractivity contribution in [3.8, 4) is 11.8 Å². The first-order chi connectivity index (χ1) is 15.1. The molecule has 4 rings (SSSR count). The number of piperazine rings is 1. The molecule has 0 aromatic heterocycles. The van der Waals surface area contributed by atoms with Gasteiger partial charge < -0.3 is 15.0 Å². The van der Waals surface area contributed by atoms with Gasteiger partial charge in [-0.15, -0.1) is 0 Å². The van der Waals surface area contributed by atoms with Crippen LogP contribution in [0.2, 0.25) is 0 Å². The molecule has 1 N–H and O–H groups in total. The summed E-state index contributed by atoms with van der Waals surface area (Å²) in [6.07, 6.45) is 1.91. The van der Waals surface area contributed by atoms with E-state index in [1.165, 1.54) is 0 Å². The summed E-state index contributed by atoms with van der Waals surface area (Å²) >= 11 is 0. The Morgan fingerprint density at radius 1 is 1.06 bits per heavy atom. The number of hydrogen-bond acceptors (Lipinski definition) is 5. The second-order valence-corrected chi connectivity index (χ2v) is 8.05. The Morgan fingerprint density at radius 3 is 2.48 bits per heavy atom. The van der Waals surface area contributed by atoms with Gasteiger partial charge in [0.1, 0.15) is 5.75 Å². The Hall–Kier alpha value is -3.37. The van der Waals surface area contributed by atoms with Crippen LogP contribution in [-0.2, 0) is 16.1 Å². The molecular formula is C24H26N4O3. The Kier molecular flexibility index (Phi) is 6.48. The van der Waals surface area contributed by atoms with Crippen molar-refractivity contribution in [1.29, 1.82) is 5.26 Å². The van der Waals surface area contributed by atoms with Crippen LogP contribution in [0.1, 0.15) is 24.0 Å². The van der Waals surface area contributed by atoms with Crippen molar-refractivity contribution in [2.75, 3.05) is 38.1 Å². The number of amides is 2. The summed E-state index contributed by atoms with van der Waals surface area (Å²) in [5.41, 5.74) is 2.52. The van der Waals surface area contributed by atoms with Gasteiger partial charge in [-0.1, -0.05) is 18.2 Å². The normalized spacial score (nSPS) is 16.4. The summed E-state index contributed by atoms with van der Waals surface area (Å²) < 4.78 is 5.68. The topological polar surface area (TPSA) is 85.7 Å². The summed E-state index contributed by atoms with van der Waals surface area (Å²) in [5.74, 6) is 0.723. The van der Waals surface area contributed by atoms with E-state index in [-0.39, 0.29) is 24.3 Å². The van der Waals surface area contributed by atoms with Crippen LogP contribution in [0.15, 0.2) is 48.5 Å². The van der Waals surface area contributed by atoms with Gasteiger partial charge in [-0.05, 0) is 42.7 Å². The van der Waals surface area contributed by atoms with Crippen molar-refractivity contribution in [2.24, 2.45) is 5.92 Å². The van der Waals surface area contributed by atoms with Crippen molar-refractivity contribution in [3.05, 3.63) is 59.7 Å². The predicted molar refractivity (Wildman–Crippen MR) is 116 cm³/mol. The molecule has 7 nitrogen and oxygen atoms in total. The molecule has 1 aliphatic carbocycles. The van der Waals surface area contributed by atoms with Gasteiger partial charge in [-0.3, -0.25) is 14.5 Å². The number of ether oxygens (including phenoxy) is 1. The molecule has 1 heterocycles. The van der Waals surface area contributed by atoms with E-state index in [0.717, 1.165) is 38.0 Å². The molecule has 2 aliphatic rings. The lowest BCUT2D eigenvalue weighted by Crippen LogP contribution is -2.49. The van der Waals surface area contributed by atoms with Crippen LogP contribution in [0.5, 0.6) is 5.75 Å². The van der Waals surface area contributed by atoms with Gasteiger partial charge in [-0.2, -0.15) is 5.26 Å². The quantitative estimate of drug-likeness (QED) is 0.747. The number of nitriles is 1. The number of carbonyl (C=O) groups excluding carboxylic acids is 2. The average Bonchev–Trinajstić information content (AvgIpc) is 3.64. The number of hydrogen-bond donors (Lipinski definition) is 1.